The summed E-state index contributed by atoms with van der Waals surface area (Å²) in [6.45, 7) is 4.47. The van der Waals surface area contributed by atoms with E-state index in [1.54, 1.807) is 26.0 Å². The number of hydrogen-bond donors (Lipinski definition) is 2. The fraction of sp³-hybridized carbons (Fsp3) is 0.600. The first-order valence-electron chi connectivity index (χ1n) is 6.66. The lowest BCUT2D eigenvalue weighted by Gasteiger charge is -2.26. The zero-order valence-corrected chi connectivity index (χ0v) is 12.6. The van der Waals surface area contributed by atoms with E-state index in [9.17, 15) is 14.6 Å². The summed E-state index contributed by atoms with van der Waals surface area (Å²) in [5, 5.41) is 19.9. The van der Waals surface area contributed by atoms with Crippen LogP contribution in [0.5, 0.6) is 5.75 Å². The molecule has 1 unspecified atom stereocenters. The van der Waals surface area contributed by atoms with Crippen LogP contribution in [0.1, 0.15) is 31.9 Å². The van der Waals surface area contributed by atoms with Gasteiger partial charge < -0.3 is 19.8 Å². The zero-order valence-electron chi connectivity index (χ0n) is 12.6. The second-order valence-electron chi connectivity index (χ2n) is 5.71. The summed E-state index contributed by atoms with van der Waals surface area (Å²) in [6, 6.07) is 4.48. The summed E-state index contributed by atoms with van der Waals surface area (Å²) >= 11 is 0. The molecule has 0 spiro atoms. The molecule has 0 saturated carbocycles. The summed E-state index contributed by atoms with van der Waals surface area (Å²) in [5.74, 6) is -0.121. The molecule has 0 amide bonds. The van der Waals surface area contributed by atoms with Crippen molar-refractivity contribution in [2.24, 2.45) is 0 Å². The molecule has 0 aliphatic carbocycles. The highest BCUT2D eigenvalue weighted by Crippen LogP contribution is 2.29. The van der Waals surface area contributed by atoms with Crippen LogP contribution in [-0.2, 0) is 0 Å². The zero-order chi connectivity index (χ0) is 15.3. The first kappa shape index (κ1) is 16.9. The van der Waals surface area contributed by atoms with Crippen LogP contribution in [0.2, 0.25) is 0 Å². The number of nitrogens with zero attached hydrogens (tertiary/aromatic N) is 1. The van der Waals surface area contributed by atoms with Crippen molar-refractivity contribution in [3.63, 3.8) is 0 Å². The molecular formula is C15H24FNO3. The average Bonchev–Trinajstić information content (AvgIpc) is 2.33. The van der Waals surface area contributed by atoms with Crippen molar-refractivity contribution < 1.29 is 19.3 Å². The van der Waals surface area contributed by atoms with Gasteiger partial charge in [0.05, 0.1) is 24.4 Å². The van der Waals surface area contributed by atoms with Crippen molar-refractivity contribution in [1.29, 1.82) is 0 Å². The Morgan fingerprint density at radius 1 is 1.40 bits per heavy atom. The van der Waals surface area contributed by atoms with Crippen LogP contribution in [0.25, 0.3) is 0 Å². The Kier molecular flexibility index (Phi) is 5.92. The summed E-state index contributed by atoms with van der Waals surface area (Å²) in [4.78, 5) is 1.90. The largest absolute Gasteiger partial charge is 0.496 e. The number of ether oxygens (including phenoxy) is 1. The molecule has 0 aromatic heterocycles. The Balaban J connectivity index is 2.66. The highest BCUT2D eigenvalue weighted by Gasteiger charge is 2.20. The topological polar surface area (TPSA) is 52.9 Å². The smallest absolute Gasteiger partial charge is 0.132 e. The Bertz CT molecular complexity index is 432. The number of methoxy groups -OCH3 is 1. The van der Waals surface area contributed by atoms with E-state index in [4.69, 9.17) is 4.74 Å². The third-order valence-electron chi connectivity index (χ3n) is 3.01. The van der Waals surface area contributed by atoms with Gasteiger partial charge in [-0.2, -0.15) is 0 Å². The van der Waals surface area contributed by atoms with Crippen molar-refractivity contribution in [1.82, 2.24) is 4.90 Å². The van der Waals surface area contributed by atoms with Crippen LogP contribution in [0.3, 0.4) is 0 Å². The summed E-state index contributed by atoms with van der Waals surface area (Å²) in [7, 11) is 3.30. The molecule has 0 bridgehead atoms. The molecule has 114 valence electrons. The third kappa shape index (κ3) is 5.07. The molecular weight excluding hydrogens is 261 g/mol. The fourth-order valence-corrected chi connectivity index (χ4v) is 2.25. The van der Waals surface area contributed by atoms with Gasteiger partial charge in [-0.15, -0.1) is 0 Å². The summed E-state index contributed by atoms with van der Waals surface area (Å²) < 4.78 is 18.9. The van der Waals surface area contributed by atoms with Gasteiger partial charge in [0.1, 0.15) is 11.6 Å². The van der Waals surface area contributed by atoms with Gasteiger partial charge >= 0.3 is 0 Å². The van der Waals surface area contributed by atoms with Crippen molar-refractivity contribution >= 4 is 0 Å². The van der Waals surface area contributed by atoms with Gasteiger partial charge in [-0.1, -0.05) is 6.07 Å². The minimum Gasteiger partial charge on any atom is -0.496 e. The Hall–Kier alpha value is -1.17. The number of rotatable bonds is 7. The number of likely N-dealkylation sites (N-methyl/N-ethyl adjacent to an activating group) is 1. The molecule has 0 fully saturated rings. The van der Waals surface area contributed by atoms with Gasteiger partial charge in [-0.3, -0.25) is 0 Å². The minimum absolute atomic E-state index is 0.187. The van der Waals surface area contributed by atoms with E-state index < -0.39 is 17.5 Å². The van der Waals surface area contributed by atoms with E-state index in [0.717, 1.165) is 0 Å². The summed E-state index contributed by atoms with van der Waals surface area (Å²) in [6.07, 6.45) is -0.570. The van der Waals surface area contributed by atoms with Crippen molar-refractivity contribution in [2.75, 3.05) is 27.2 Å². The third-order valence-corrected chi connectivity index (χ3v) is 3.01. The predicted molar refractivity (Wildman–Crippen MR) is 76.3 cm³/mol. The van der Waals surface area contributed by atoms with E-state index >= 15 is 0 Å². The fourth-order valence-electron chi connectivity index (χ4n) is 2.25. The molecule has 4 nitrogen and oxygen atoms in total. The molecule has 1 atom stereocenters. The molecule has 0 aliphatic rings. The van der Waals surface area contributed by atoms with E-state index in [1.165, 1.54) is 13.2 Å². The van der Waals surface area contributed by atoms with Crippen LogP contribution in [0, 0.1) is 5.82 Å². The van der Waals surface area contributed by atoms with Gasteiger partial charge in [0.2, 0.25) is 0 Å². The number of hydrogen-bond acceptors (Lipinski definition) is 4. The van der Waals surface area contributed by atoms with Crippen LogP contribution >= 0.6 is 0 Å². The maximum atomic E-state index is 13.8. The quantitative estimate of drug-likeness (QED) is 0.804. The molecule has 5 heteroatoms. The van der Waals surface area contributed by atoms with Crippen molar-refractivity contribution in [2.45, 2.75) is 32.0 Å². The first-order valence-corrected chi connectivity index (χ1v) is 6.66. The minimum atomic E-state index is -0.935. The normalized spacial score (nSPS) is 13.6. The molecule has 0 heterocycles. The van der Waals surface area contributed by atoms with Gasteiger partial charge in [-0.25, -0.2) is 4.39 Å². The number of aliphatic hydroxyl groups excluding tert-OH is 1. The van der Waals surface area contributed by atoms with Crippen LogP contribution in [-0.4, -0.2) is 48.0 Å². The lowest BCUT2D eigenvalue weighted by molar-refractivity contribution is 0.0390. The molecule has 0 radical (unpaired) electrons. The average molecular weight is 285 g/mol. The maximum absolute atomic E-state index is 13.8. The van der Waals surface area contributed by atoms with E-state index in [1.807, 2.05) is 11.9 Å². The van der Waals surface area contributed by atoms with Gasteiger partial charge in [0, 0.05) is 13.1 Å². The molecule has 1 aromatic carbocycles. The van der Waals surface area contributed by atoms with Gasteiger partial charge in [-0.05, 0) is 39.4 Å². The van der Waals surface area contributed by atoms with Crippen LogP contribution in [0.15, 0.2) is 18.2 Å². The number of aliphatic hydroxyl groups is 2. The molecule has 1 aromatic rings. The van der Waals surface area contributed by atoms with Crippen molar-refractivity contribution in [3.05, 3.63) is 29.6 Å². The standard InChI is InChI=1S/C15H24FNO3/c1-15(2,19)10-17(3)9-8-12(18)14-11(16)6-5-7-13(14)20-4/h5-7,12,18-19H,8-10H2,1-4H3. The number of halogens is 1. The SMILES string of the molecule is COc1cccc(F)c1C(O)CCN(C)CC(C)(C)O. The van der Waals surface area contributed by atoms with Crippen molar-refractivity contribution in [3.8, 4) is 5.75 Å². The number of benzene rings is 1. The predicted octanol–water partition coefficient (Wildman–Crippen LogP) is 1.96. The highest BCUT2D eigenvalue weighted by atomic mass is 19.1. The Morgan fingerprint density at radius 3 is 2.60 bits per heavy atom. The lowest BCUT2D eigenvalue weighted by atomic mass is 10.0. The van der Waals surface area contributed by atoms with Gasteiger partial charge in [0.25, 0.3) is 0 Å². The van der Waals surface area contributed by atoms with Crippen LogP contribution in [0.4, 0.5) is 4.39 Å². The summed E-state index contributed by atoms with van der Waals surface area (Å²) in [5.41, 5.74) is -0.610. The lowest BCUT2D eigenvalue weighted by Crippen LogP contribution is -2.37. The molecule has 2 N–H and O–H groups in total. The first-order chi connectivity index (χ1) is 9.24. The molecule has 0 saturated heterocycles. The van der Waals surface area contributed by atoms with Crippen LogP contribution < -0.4 is 4.74 Å². The molecule has 0 aliphatic heterocycles. The van der Waals surface area contributed by atoms with Gasteiger partial charge in [0.15, 0.2) is 0 Å². The van der Waals surface area contributed by atoms with E-state index in [-0.39, 0.29) is 5.56 Å². The monoisotopic (exact) mass is 285 g/mol. The second kappa shape index (κ2) is 7.02. The molecule has 1 rings (SSSR count). The molecule has 20 heavy (non-hydrogen) atoms. The highest BCUT2D eigenvalue weighted by molar-refractivity contribution is 5.36. The van der Waals surface area contributed by atoms with E-state index in [2.05, 4.69) is 0 Å². The Labute approximate surface area is 119 Å². The second-order valence-corrected chi connectivity index (χ2v) is 5.71. The van der Waals surface area contributed by atoms with E-state index in [0.29, 0.717) is 25.3 Å². The Morgan fingerprint density at radius 2 is 2.05 bits per heavy atom. The maximum Gasteiger partial charge on any atom is 0.132 e.